The second-order valence-electron chi connectivity index (χ2n) is 4.19. The molecule has 0 aliphatic heterocycles. The van der Waals surface area contributed by atoms with Crippen molar-refractivity contribution in [3.8, 4) is 17.2 Å². The summed E-state index contributed by atoms with van der Waals surface area (Å²) in [5.41, 5.74) is 0.205. The van der Waals surface area contributed by atoms with Gasteiger partial charge in [0.1, 0.15) is 5.56 Å². The number of carbonyl (C=O) groups excluding carboxylic acids is 1. The van der Waals surface area contributed by atoms with Gasteiger partial charge in [0.2, 0.25) is 5.75 Å². The van der Waals surface area contributed by atoms with Crippen molar-refractivity contribution in [3.05, 3.63) is 29.4 Å². The summed E-state index contributed by atoms with van der Waals surface area (Å²) in [6.07, 6.45) is 0. The molecule has 0 amide bonds. The van der Waals surface area contributed by atoms with Gasteiger partial charge in [-0.25, -0.2) is 4.79 Å². The van der Waals surface area contributed by atoms with Gasteiger partial charge < -0.3 is 23.5 Å². The van der Waals surface area contributed by atoms with Crippen LogP contribution in [0.5, 0.6) is 17.2 Å². The van der Waals surface area contributed by atoms with Crippen LogP contribution in [0.1, 0.15) is 22.1 Å². The summed E-state index contributed by atoms with van der Waals surface area (Å²) in [6.45, 7) is 1.54. The first-order valence-electron chi connectivity index (χ1n) is 6.36. The van der Waals surface area contributed by atoms with Crippen LogP contribution in [0.2, 0.25) is 0 Å². The van der Waals surface area contributed by atoms with Crippen LogP contribution in [0.3, 0.4) is 0 Å². The molecule has 0 N–H and O–H groups in total. The molecule has 0 bridgehead atoms. The fraction of sp³-hybridized carbons (Fsp3) is 0.357. The second-order valence-corrected chi connectivity index (χ2v) is 4.19. The first-order valence-corrected chi connectivity index (χ1v) is 6.36. The number of hydrogen-bond donors (Lipinski definition) is 0. The molecule has 2 rings (SSSR count). The summed E-state index contributed by atoms with van der Waals surface area (Å²) >= 11 is 0. The van der Waals surface area contributed by atoms with Crippen molar-refractivity contribution in [3.63, 3.8) is 0 Å². The number of methoxy groups -OCH3 is 3. The van der Waals surface area contributed by atoms with Gasteiger partial charge in [0, 0.05) is 0 Å². The molecule has 8 heteroatoms. The van der Waals surface area contributed by atoms with Crippen LogP contribution in [-0.2, 0) is 11.3 Å². The van der Waals surface area contributed by atoms with Crippen molar-refractivity contribution in [2.45, 2.75) is 13.5 Å². The lowest BCUT2D eigenvalue weighted by atomic mass is 10.1. The van der Waals surface area contributed by atoms with Crippen molar-refractivity contribution in [2.24, 2.45) is 0 Å². The summed E-state index contributed by atoms with van der Waals surface area (Å²) in [6, 6.07) is 3.12. The number of aryl methyl sites for hydroxylation is 1. The highest BCUT2D eigenvalue weighted by Gasteiger charge is 2.22. The van der Waals surface area contributed by atoms with Gasteiger partial charge in [-0.1, -0.05) is 5.16 Å². The standard InChI is InChI=1S/C14H16N2O6/c1-8-15-11(22-16-8)7-21-14(17)9-5-6-10(18-2)13(20-4)12(9)19-3/h5-6H,7H2,1-4H3. The molecule has 0 saturated heterocycles. The Morgan fingerprint density at radius 3 is 2.41 bits per heavy atom. The van der Waals surface area contributed by atoms with E-state index in [0.29, 0.717) is 17.3 Å². The number of hydrogen-bond acceptors (Lipinski definition) is 8. The second kappa shape index (κ2) is 6.79. The maximum absolute atomic E-state index is 12.2. The normalized spacial score (nSPS) is 10.2. The average Bonchev–Trinajstić information content (AvgIpc) is 2.96. The number of nitrogens with zero attached hydrogens (tertiary/aromatic N) is 2. The largest absolute Gasteiger partial charge is 0.493 e. The third-order valence-electron chi connectivity index (χ3n) is 2.82. The molecule has 1 aromatic carbocycles. The van der Waals surface area contributed by atoms with E-state index in [1.807, 2.05) is 0 Å². The van der Waals surface area contributed by atoms with Crippen molar-refractivity contribution >= 4 is 5.97 Å². The van der Waals surface area contributed by atoms with Crippen LogP contribution in [0.15, 0.2) is 16.7 Å². The van der Waals surface area contributed by atoms with Gasteiger partial charge in [-0.2, -0.15) is 4.98 Å². The lowest BCUT2D eigenvalue weighted by molar-refractivity contribution is 0.0425. The zero-order valence-corrected chi connectivity index (χ0v) is 12.7. The molecule has 0 unspecified atom stereocenters. The van der Waals surface area contributed by atoms with Crippen LogP contribution in [0, 0.1) is 6.92 Å². The monoisotopic (exact) mass is 308 g/mol. The van der Waals surface area contributed by atoms with Gasteiger partial charge in [-0.3, -0.25) is 0 Å². The lowest BCUT2D eigenvalue weighted by Crippen LogP contribution is -2.09. The minimum absolute atomic E-state index is 0.128. The van der Waals surface area contributed by atoms with Crippen LogP contribution < -0.4 is 14.2 Å². The molecule has 2 aromatic rings. The van der Waals surface area contributed by atoms with E-state index in [4.69, 9.17) is 23.5 Å². The molecule has 0 radical (unpaired) electrons. The van der Waals surface area contributed by atoms with Crippen molar-refractivity contribution in [1.82, 2.24) is 10.1 Å². The predicted octanol–water partition coefficient (Wildman–Crippen LogP) is 1.76. The maximum atomic E-state index is 12.2. The van der Waals surface area contributed by atoms with Crippen LogP contribution in [0.25, 0.3) is 0 Å². The van der Waals surface area contributed by atoms with E-state index in [-0.39, 0.29) is 23.8 Å². The number of carbonyl (C=O) groups is 1. The number of aromatic nitrogens is 2. The van der Waals surface area contributed by atoms with Crippen LogP contribution in [0.4, 0.5) is 0 Å². The van der Waals surface area contributed by atoms with E-state index in [2.05, 4.69) is 10.1 Å². The van der Waals surface area contributed by atoms with Crippen LogP contribution >= 0.6 is 0 Å². The molecular formula is C14H16N2O6. The number of rotatable bonds is 6. The van der Waals surface area contributed by atoms with E-state index >= 15 is 0 Å². The topological polar surface area (TPSA) is 92.9 Å². The third kappa shape index (κ3) is 3.11. The molecule has 0 spiro atoms. The molecule has 1 aromatic heterocycles. The maximum Gasteiger partial charge on any atom is 0.342 e. The Morgan fingerprint density at radius 1 is 1.14 bits per heavy atom. The minimum Gasteiger partial charge on any atom is -0.493 e. The summed E-state index contributed by atoms with van der Waals surface area (Å²) < 4.78 is 25.6. The number of benzene rings is 1. The highest BCUT2D eigenvalue weighted by atomic mass is 16.6. The highest BCUT2D eigenvalue weighted by Crippen LogP contribution is 2.39. The first kappa shape index (κ1) is 15.6. The van der Waals surface area contributed by atoms with Gasteiger partial charge in [-0.15, -0.1) is 0 Å². The summed E-state index contributed by atoms with van der Waals surface area (Å²) in [7, 11) is 4.37. The van der Waals surface area contributed by atoms with E-state index in [1.54, 1.807) is 13.0 Å². The third-order valence-corrected chi connectivity index (χ3v) is 2.82. The van der Waals surface area contributed by atoms with Crippen LogP contribution in [-0.4, -0.2) is 37.4 Å². The van der Waals surface area contributed by atoms with Gasteiger partial charge in [-0.05, 0) is 19.1 Å². The summed E-state index contributed by atoms with van der Waals surface area (Å²) in [5, 5.41) is 3.61. The SMILES string of the molecule is COc1ccc(C(=O)OCc2nc(C)no2)c(OC)c1OC. The molecule has 0 aliphatic rings. The van der Waals surface area contributed by atoms with E-state index in [9.17, 15) is 4.79 Å². The molecule has 8 nitrogen and oxygen atoms in total. The smallest absolute Gasteiger partial charge is 0.342 e. The molecule has 0 atom stereocenters. The predicted molar refractivity (Wildman–Crippen MR) is 74.3 cm³/mol. The zero-order valence-electron chi connectivity index (χ0n) is 12.7. The fourth-order valence-electron chi connectivity index (χ4n) is 1.87. The Hall–Kier alpha value is -2.77. The summed E-state index contributed by atoms with van der Waals surface area (Å²) in [5.74, 6) is 1.07. The van der Waals surface area contributed by atoms with Gasteiger partial charge >= 0.3 is 5.97 Å². The lowest BCUT2D eigenvalue weighted by Gasteiger charge is -2.14. The first-order chi connectivity index (χ1) is 10.6. The quantitative estimate of drug-likeness (QED) is 0.745. The summed E-state index contributed by atoms with van der Waals surface area (Å²) in [4.78, 5) is 16.1. The molecule has 22 heavy (non-hydrogen) atoms. The average molecular weight is 308 g/mol. The Balaban J connectivity index is 2.21. The molecular weight excluding hydrogens is 292 g/mol. The highest BCUT2D eigenvalue weighted by molar-refractivity contribution is 5.94. The molecule has 0 aliphatic carbocycles. The van der Waals surface area contributed by atoms with Gasteiger partial charge in [0.05, 0.1) is 21.3 Å². The Bertz CT molecular complexity index is 667. The molecule has 0 fully saturated rings. The zero-order chi connectivity index (χ0) is 16.1. The van der Waals surface area contributed by atoms with E-state index in [0.717, 1.165) is 0 Å². The number of ether oxygens (including phenoxy) is 4. The molecule has 1 heterocycles. The van der Waals surface area contributed by atoms with Crippen molar-refractivity contribution < 1.29 is 28.3 Å². The Morgan fingerprint density at radius 2 is 1.86 bits per heavy atom. The van der Waals surface area contributed by atoms with Gasteiger partial charge in [0.25, 0.3) is 5.89 Å². The number of esters is 1. The van der Waals surface area contributed by atoms with Gasteiger partial charge in [0.15, 0.2) is 23.9 Å². The van der Waals surface area contributed by atoms with Crippen molar-refractivity contribution in [2.75, 3.05) is 21.3 Å². The Labute approximate surface area is 126 Å². The Kier molecular flexibility index (Phi) is 4.82. The van der Waals surface area contributed by atoms with E-state index in [1.165, 1.54) is 27.4 Å². The molecule has 0 saturated carbocycles. The van der Waals surface area contributed by atoms with Crippen molar-refractivity contribution in [1.29, 1.82) is 0 Å². The minimum atomic E-state index is -0.603. The fourth-order valence-corrected chi connectivity index (χ4v) is 1.87. The molecule has 118 valence electrons. The van der Waals surface area contributed by atoms with E-state index < -0.39 is 5.97 Å².